The van der Waals surface area contributed by atoms with E-state index in [2.05, 4.69) is 31.8 Å². The molecule has 0 aliphatic rings. The van der Waals surface area contributed by atoms with Crippen molar-refractivity contribution < 1.29 is 33.3 Å². The summed E-state index contributed by atoms with van der Waals surface area (Å²) in [7, 11) is 4.32. The number of nitrogens with one attached hydrogen (secondary N) is 2. The first kappa shape index (κ1) is 28.2. The van der Waals surface area contributed by atoms with Crippen LogP contribution in [0.3, 0.4) is 0 Å². The highest BCUT2D eigenvalue weighted by atomic mass is 79.9. The highest BCUT2D eigenvalue weighted by molar-refractivity contribution is 9.10. The second-order valence-corrected chi connectivity index (χ2v) is 8.75. The molecule has 3 aromatic carbocycles. The molecule has 0 aliphatic heterocycles. The summed E-state index contributed by atoms with van der Waals surface area (Å²) < 4.78 is 22.0. The van der Waals surface area contributed by atoms with E-state index in [1.807, 2.05) is 13.0 Å². The fraction of sp³-hybridized carbons (Fsp3) is 0.185. The first-order chi connectivity index (χ1) is 18.2. The molecular weight excluding hydrogens is 558 g/mol. The van der Waals surface area contributed by atoms with E-state index in [-0.39, 0.29) is 17.9 Å². The number of carbonyl (C=O) groups excluding carboxylic acids is 3. The molecule has 11 heteroatoms. The van der Waals surface area contributed by atoms with Crippen molar-refractivity contribution in [1.82, 2.24) is 10.7 Å². The Hall–Kier alpha value is -4.38. The fourth-order valence-electron chi connectivity index (χ4n) is 3.33. The average molecular weight is 584 g/mol. The van der Waals surface area contributed by atoms with Gasteiger partial charge in [0.25, 0.3) is 11.8 Å². The summed E-state index contributed by atoms with van der Waals surface area (Å²) in [5.74, 6) is -0.415. The van der Waals surface area contributed by atoms with Crippen molar-refractivity contribution in [2.45, 2.75) is 6.92 Å². The second-order valence-electron chi connectivity index (χ2n) is 7.83. The van der Waals surface area contributed by atoms with Crippen LogP contribution in [0.4, 0.5) is 0 Å². The summed E-state index contributed by atoms with van der Waals surface area (Å²) in [6.45, 7) is 1.53. The van der Waals surface area contributed by atoms with E-state index in [9.17, 15) is 14.4 Å². The van der Waals surface area contributed by atoms with Gasteiger partial charge < -0.3 is 24.3 Å². The largest absolute Gasteiger partial charge is 0.493 e. The van der Waals surface area contributed by atoms with Gasteiger partial charge in [-0.15, -0.1) is 0 Å². The molecule has 2 N–H and O–H groups in total. The van der Waals surface area contributed by atoms with Gasteiger partial charge in [0.2, 0.25) is 5.75 Å². The van der Waals surface area contributed by atoms with Crippen LogP contribution in [0.5, 0.6) is 23.0 Å². The van der Waals surface area contributed by atoms with E-state index in [0.29, 0.717) is 28.4 Å². The number of aryl methyl sites for hydroxylation is 1. The Labute approximate surface area is 228 Å². The van der Waals surface area contributed by atoms with Crippen LogP contribution in [0.2, 0.25) is 0 Å². The molecule has 2 amide bonds. The Morgan fingerprint density at radius 3 is 2.24 bits per heavy atom. The van der Waals surface area contributed by atoms with Crippen LogP contribution < -0.4 is 29.7 Å². The summed E-state index contributed by atoms with van der Waals surface area (Å²) >= 11 is 3.37. The van der Waals surface area contributed by atoms with Crippen LogP contribution in [0.25, 0.3) is 0 Å². The first-order valence-electron chi connectivity index (χ1n) is 11.2. The smallest absolute Gasteiger partial charge is 0.343 e. The summed E-state index contributed by atoms with van der Waals surface area (Å²) in [6, 6.07) is 15.0. The number of benzene rings is 3. The third-order valence-electron chi connectivity index (χ3n) is 5.16. The third kappa shape index (κ3) is 7.32. The quantitative estimate of drug-likeness (QED) is 0.160. The predicted molar refractivity (Wildman–Crippen MR) is 144 cm³/mol. The molecule has 198 valence electrons. The number of nitrogens with zero attached hydrogens (tertiary/aromatic N) is 1. The van der Waals surface area contributed by atoms with Gasteiger partial charge in [-0.3, -0.25) is 9.59 Å². The Bertz CT molecular complexity index is 1350. The maximum atomic E-state index is 12.6. The molecule has 0 aromatic heterocycles. The Morgan fingerprint density at radius 2 is 1.61 bits per heavy atom. The van der Waals surface area contributed by atoms with Crippen molar-refractivity contribution >= 4 is 39.9 Å². The van der Waals surface area contributed by atoms with Crippen LogP contribution in [-0.2, 0) is 4.79 Å². The summed E-state index contributed by atoms with van der Waals surface area (Å²) in [4.78, 5) is 37.4. The average Bonchev–Trinajstić information content (AvgIpc) is 2.92. The van der Waals surface area contributed by atoms with Crippen molar-refractivity contribution in [3.63, 3.8) is 0 Å². The summed E-state index contributed by atoms with van der Waals surface area (Å²) in [5, 5.41) is 6.42. The van der Waals surface area contributed by atoms with E-state index in [4.69, 9.17) is 18.9 Å². The zero-order chi connectivity index (χ0) is 27.7. The second kappa shape index (κ2) is 13.2. The van der Waals surface area contributed by atoms with Crippen LogP contribution in [-0.4, -0.2) is 51.9 Å². The van der Waals surface area contributed by atoms with Gasteiger partial charge >= 0.3 is 5.97 Å². The van der Waals surface area contributed by atoms with Crippen molar-refractivity contribution in [1.29, 1.82) is 0 Å². The Kier molecular flexibility index (Phi) is 9.83. The number of hydrogen-bond acceptors (Lipinski definition) is 8. The number of amides is 2. The van der Waals surface area contributed by atoms with Gasteiger partial charge in [-0.05, 0) is 49.4 Å². The molecule has 0 bridgehead atoms. The molecule has 38 heavy (non-hydrogen) atoms. The van der Waals surface area contributed by atoms with E-state index >= 15 is 0 Å². The number of ether oxygens (including phenoxy) is 4. The zero-order valence-corrected chi connectivity index (χ0v) is 22.7. The first-order valence-corrected chi connectivity index (χ1v) is 12.0. The van der Waals surface area contributed by atoms with Gasteiger partial charge in [-0.25, -0.2) is 10.2 Å². The topological polar surface area (TPSA) is 125 Å². The molecule has 0 unspecified atom stereocenters. The highest BCUT2D eigenvalue weighted by Crippen LogP contribution is 2.38. The fourth-order valence-corrected chi connectivity index (χ4v) is 3.71. The number of rotatable bonds is 10. The standard InChI is InChI=1S/C27H26BrN3O7/c1-16-6-5-7-17(10-16)27(34)38-21-9-8-20(28)11-19(21)14-30-31-24(32)15-29-26(33)18-12-22(35-2)25(37-4)23(13-18)36-3/h5-14H,15H2,1-4H3,(H,29,33)(H,31,32)/b30-14+. The molecule has 3 rings (SSSR count). The number of halogens is 1. The van der Waals surface area contributed by atoms with Gasteiger partial charge in [0, 0.05) is 15.6 Å². The Balaban J connectivity index is 1.62. The maximum absolute atomic E-state index is 12.6. The van der Waals surface area contributed by atoms with Gasteiger partial charge in [0.1, 0.15) is 5.75 Å². The monoisotopic (exact) mass is 583 g/mol. The number of esters is 1. The van der Waals surface area contributed by atoms with E-state index in [0.717, 1.165) is 10.0 Å². The lowest BCUT2D eigenvalue weighted by atomic mass is 10.1. The normalized spacial score (nSPS) is 10.6. The summed E-state index contributed by atoms with van der Waals surface area (Å²) in [6.07, 6.45) is 1.34. The van der Waals surface area contributed by atoms with Gasteiger partial charge in [0.15, 0.2) is 11.5 Å². The van der Waals surface area contributed by atoms with Gasteiger partial charge in [0.05, 0.1) is 39.7 Å². The predicted octanol–water partition coefficient (Wildman–Crippen LogP) is 3.88. The molecule has 0 saturated carbocycles. The number of hydrazone groups is 1. The van der Waals surface area contributed by atoms with Crippen LogP contribution in [0.15, 0.2) is 64.2 Å². The molecule has 10 nitrogen and oxygen atoms in total. The molecule has 0 atom stereocenters. The molecule has 0 radical (unpaired) electrons. The van der Waals surface area contributed by atoms with Crippen molar-refractivity contribution in [2.24, 2.45) is 5.10 Å². The minimum atomic E-state index is -0.574. The molecule has 0 heterocycles. The zero-order valence-electron chi connectivity index (χ0n) is 21.2. The summed E-state index contributed by atoms with van der Waals surface area (Å²) in [5.41, 5.74) is 4.33. The maximum Gasteiger partial charge on any atom is 0.343 e. The number of methoxy groups -OCH3 is 3. The van der Waals surface area contributed by atoms with Crippen LogP contribution >= 0.6 is 15.9 Å². The van der Waals surface area contributed by atoms with E-state index in [1.165, 1.54) is 39.7 Å². The van der Waals surface area contributed by atoms with Crippen LogP contribution in [0.1, 0.15) is 31.8 Å². The van der Waals surface area contributed by atoms with Crippen LogP contribution in [0, 0.1) is 6.92 Å². The van der Waals surface area contributed by atoms with Crippen molar-refractivity contribution in [3.8, 4) is 23.0 Å². The number of carbonyl (C=O) groups is 3. The molecular formula is C27H26BrN3O7. The molecule has 0 saturated heterocycles. The Morgan fingerprint density at radius 1 is 0.895 bits per heavy atom. The SMILES string of the molecule is COc1cc(C(=O)NCC(=O)N/N=C/c2cc(Br)ccc2OC(=O)c2cccc(C)c2)cc(OC)c1OC. The lowest BCUT2D eigenvalue weighted by Gasteiger charge is -2.14. The molecule has 0 aliphatic carbocycles. The van der Waals surface area contributed by atoms with Crippen molar-refractivity contribution in [2.75, 3.05) is 27.9 Å². The lowest BCUT2D eigenvalue weighted by Crippen LogP contribution is -2.35. The van der Waals surface area contributed by atoms with Gasteiger partial charge in [-0.1, -0.05) is 33.6 Å². The third-order valence-corrected chi connectivity index (χ3v) is 5.65. The van der Waals surface area contributed by atoms with Gasteiger partial charge in [-0.2, -0.15) is 5.10 Å². The van der Waals surface area contributed by atoms with E-state index < -0.39 is 17.8 Å². The minimum absolute atomic E-state index is 0.213. The molecule has 0 spiro atoms. The van der Waals surface area contributed by atoms with Crippen molar-refractivity contribution in [3.05, 3.63) is 81.3 Å². The minimum Gasteiger partial charge on any atom is -0.493 e. The lowest BCUT2D eigenvalue weighted by molar-refractivity contribution is -0.120. The molecule has 3 aromatic rings. The highest BCUT2D eigenvalue weighted by Gasteiger charge is 2.17. The molecule has 0 fully saturated rings. The number of hydrogen-bond donors (Lipinski definition) is 2. The van der Waals surface area contributed by atoms with E-state index in [1.54, 1.807) is 36.4 Å².